The van der Waals surface area contributed by atoms with E-state index in [0.29, 0.717) is 22.4 Å². The van der Waals surface area contributed by atoms with E-state index in [1.165, 1.54) is 20.5 Å². The van der Waals surface area contributed by atoms with Crippen molar-refractivity contribution in [3.05, 3.63) is 18.5 Å². The van der Waals surface area contributed by atoms with Gasteiger partial charge >= 0.3 is 11.9 Å². The van der Waals surface area contributed by atoms with Gasteiger partial charge in [-0.3, -0.25) is 4.79 Å². The molecule has 0 bridgehead atoms. The van der Waals surface area contributed by atoms with E-state index in [-0.39, 0.29) is 18.7 Å². The zero-order valence-electron chi connectivity index (χ0n) is 13.1. The van der Waals surface area contributed by atoms with Gasteiger partial charge in [-0.2, -0.15) is 0 Å². The molecule has 1 atom stereocenters. The second-order valence-electron chi connectivity index (χ2n) is 4.91. The molecule has 0 radical (unpaired) electrons. The number of benzene rings is 1. The molecule has 0 saturated carbocycles. The highest BCUT2D eigenvalue weighted by Gasteiger charge is 2.20. The number of fused-ring (bicyclic) bond motifs is 1. The van der Waals surface area contributed by atoms with Gasteiger partial charge in [0.1, 0.15) is 18.2 Å². The summed E-state index contributed by atoms with van der Waals surface area (Å²) in [4.78, 5) is 30.2. The number of carbonyl (C=O) groups is 2. The van der Waals surface area contributed by atoms with Crippen LogP contribution in [0.3, 0.4) is 0 Å². The molecule has 0 aliphatic rings. The largest absolute Gasteiger partial charge is 0.493 e. The molecule has 0 saturated heterocycles. The van der Waals surface area contributed by atoms with Crippen molar-refractivity contribution in [2.45, 2.75) is 18.9 Å². The number of aliphatic carboxylic acids is 2. The second-order valence-corrected chi connectivity index (χ2v) is 4.91. The number of nitrogens with one attached hydrogen (secondary N) is 1. The van der Waals surface area contributed by atoms with Gasteiger partial charge in [-0.15, -0.1) is 0 Å². The molecule has 0 aliphatic heterocycles. The number of carboxylic acids is 2. The van der Waals surface area contributed by atoms with Crippen LogP contribution in [0.4, 0.5) is 5.82 Å². The van der Waals surface area contributed by atoms with Gasteiger partial charge in [0, 0.05) is 17.9 Å². The van der Waals surface area contributed by atoms with Crippen molar-refractivity contribution in [3.8, 4) is 11.5 Å². The van der Waals surface area contributed by atoms with Gasteiger partial charge in [0.15, 0.2) is 11.5 Å². The van der Waals surface area contributed by atoms with Gasteiger partial charge in [0.2, 0.25) is 0 Å². The Balaban J connectivity index is 2.40. The number of anilines is 1. The molecule has 2 aromatic rings. The first-order valence-electron chi connectivity index (χ1n) is 7.04. The fraction of sp³-hybridized carbons (Fsp3) is 0.333. The van der Waals surface area contributed by atoms with Crippen LogP contribution >= 0.6 is 0 Å². The van der Waals surface area contributed by atoms with Gasteiger partial charge < -0.3 is 25.0 Å². The fourth-order valence-corrected chi connectivity index (χ4v) is 2.19. The van der Waals surface area contributed by atoms with Crippen molar-refractivity contribution in [1.29, 1.82) is 0 Å². The van der Waals surface area contributed by atoms with Gasteiger partial charge in [-0.1, -0.05) is 0 Å². The SMILES string of the molecule is COc1cc2ncnc(NC(CCC(=O)O)C(=O)O)c2cc1OC. The summed E-state index contributed by atoms with van der Waals surface area (Å²) >= 11 is 0. The Hall–Kier alpha value is -3.10. The van der Waals surface area contributed by atoms with E-state index in [4.69, 9.17) is 14.6 Å². The van der Waals surface area contributed by atoms with Crippen LogP contribution < -0.4 is 14.8 Å². The summed E-state index contributed by atoms with van der Waals surface area (Å²) in [7, 11) is 2.98. The zero-order valence-corrected chi connectivity index (χ0v) is 13.1. The third-order valence-electron chi connectivity index (χ3n) is 3.40. The lowest BCUT2D eigenvalue weighted by atomic mass is 10.1. The molecule has 1 aromatic carbocycles. The van der Waals surface area contributed by atoms with E-state index >= 15 is 0 Å². The van der Waals surface area contributed by atoms with Crippen LogP contribution in [0.2, 0.25) is 0 Å². The fourth-order valence-electron chi connectivity index (χ4n) is 2.19. The van der Waals surface area contributed by atoms with Crippen LogP contribution in [0.15, 0.2) is 18.5 Å². The molecule has 2 rings (SSSR count). The zero-order chi connectivity index (χ0) is 17.7. The van der Waals surface area contributed by atoms with Crippen molar-refractivity contribution in [2.24, 2.45) is 0 Å². The molecule has 1 aromatic heterocycles. The van der Waals surface area contributed by atoms with E-state index in [1.807, 2.05) is 0 Å². The quantitative estimate of drug-likeness (QED) is 0.654. The summed E-state index contributed by atoms with van der Waals surface area (Å²) in [6.45, 7) is 0. The van der Waals surface area contributed by atoms with E-state index < -0.39 is 18.0 Å². The number of aromatic nitrogens is 2. The van der Waals surface area contributed by atoms with Crippen LogP contribution in [-0.2, 0) is 9.59 Å². The van der Waals surface area contributed by atoms with Gasteiger partial charge in [0.25, 0.3) is 0 Å². The van der Waals surface area contributed by atoms with Crippen molar-refractivity contribution in [3.63, 3.8) is 0 Å². The molecule has 1 heterocycles. The van der Waals surface area contributed by atoms with Gasteiger partial charge in [-0.05, 0) is 12.5 Å². The van der Waals surface area contributed by atoms with Crippen LogP contribution in [-0.4, -0.2) is 52.4 Å². The summed E-state index contributed by atoms with van der Waals surface area (Å²) in [5, 5.41) is 21.3. The summed E-state index contributed by atoms with van der Waals surface area (Å²) < 4.78 is 10.4. The average Bonchev–Trinajstić information content (AvgIpc) is 2.56. The van der Waals surface area contributed by atoms with Crippen LogP contribution in [0.25, 0.3) is 10.9 Å². The molecule has 1 unspecified atom stereocenters. The summed E-state index contributed by atoms with van der Waals surface area (Å²) in [6.07, 6.45) is 0.931. The van der Waals surface area contributed by atoms with Crippen molar-refractivity contribution in [1.82, 2.24) is 9.97 Å². The van der Waals surface area contributed by atoms with E-state index in [1.54, 1.807) is 12.1 Å². The van der Waals surface area contributed by atoms with Crippen molar-refractivity contribution in [2.75, 3.05) is 19.5 Å². The minimum absolute atomic E-state index is 0.0799. The number of hydrogen-bond donors (Lipinski definition) is 3. The second kappa shape index (κ2) is 7.44. The highest BCUT2D eigenvalue weighted by Crippen LogP contribution is 2.33. The Morgan fingerprint density at radius 2 is 1.83 bits per heavy atom. The highest BCUT2D eigenvalue weighted by molar-refractivity contribution is 5.93. The summed E-state index contributed by atoms with van der Waals surface area (Å²) in [5.74, 6) is -1.03. The Kier molecular flexibility index (Phi) is 5.35. The smallest absolute Gasteiger partial charge is 0.326 e. The molecule has 9 heteroatoms. The Labute approximate surface area is 137 Å². The number of nitrogens with zero attached hydrogens (tertiary/aromatic N) is 2. The van der Waals surface area contributed by atoms with Crippen LogP contribution in [0.5, 0.6) is 11.5 Å². The first-order chi connectivity index (χ1) is 11.5. The maximum absolute atomic E-state index is 11.3. The first kappa shape index (κ1) is 17.3. The van der Waals surface area contributed by atoms with Crippen molar-refractivity contribution >= 4 is 28.7 Å². The Bertz CT molecular complexity index is 764. The first-order valence-corrected chi connectivity index (χ1v) is 7.04. The van der Waals surface area contributed by atoms with Gasteiger partial charge in [0.05, 0.1) is 19.7 Å². The minimum atomic E-state index is -1.16. The molecular formula is C15H17N3O6. The topological polar surface area (TPSA) is 131 Å². The third kappa shape index (κ3) is 3.80. The number of carboxylic acid groups (broad SMARTS) is 2. The average molecular weight is 335 g/mol. The maximum atomic E-state index is 11.3. The molecule has 3 N–H and O–H groups in total. The number of hydrogen-bond acceptors (Lipinski definition) is 7. The molecule has 0 amide bonds. The van der Waals surface area contributed by atoms with E-state index in [0.717, 1.165) is 0 Å². The number of rotatable bonds is 8. The predicted molar refractivity (Wildman–Crippen MR) is 84.6 cm³/mol. The Morgan fingerprint density at radius 3 is 2.42 bits per heavy atom. The minimum Gasteiger partial charge on any atom is -0.493 e. The van der Waals surface area contributed by atoms with Crippen LogP contribution in [0, 0.1) is 0 Å². The van der Waals surface area contributed by atoms with Gasteiger partial charge in [-0.25, -0.2) is 14.8 Å². The maximum Gasteiger partial charge on any atom is 0.326 e. The molecule has 9 nitrogen and oxygen atoms in total. The summed E-state index contributed by atoms with van der Waals surface area (Å²) in [6, 6.07) is 2.19. The molecular weight excluding hydrogens is 318 g/mol. The van der Waals surface area contributed by atoms with E-state index in [2.05, 4.69) is 15.3 Å². The molecule has 0 aliphatic carbocycles. The third-order valence-corrected chi connectivity index (χ3v) is 3.40. The molecule has 128 valence electrons. The lowest BCUT2D eigenvalue weighted by molar-refractivity contribution is -0.139. The van der Waals surface area contributed by atoms with E-state index in [9.17, 15) is 14.7 Å². The van der Waals surface area contributed by atoms with Crippen LogP contribution in [0.1, 0.15) is 12.8 Å². The molecule has 0 fully saturated rings. The molecule has 0 spiro atoms. The lowest BCUT2D eigenvalue weighted by Gasteiger charge is -2.16. The lowest BCUT2D eigenvalue weighted by Crippen LogP contribution is -2.30. The standard InChI is InChI=1S/C15H17N3O6/c1-23-11-5-8-10(6-12(11)24-2)16-7-17-14(8)18-9(15(21)22)3-4-13(19)20/h5-7,9H,3-4H2,1-2H3,(H,19,20)(H,21,22)(H,16,17,18). The molecule has 24 heavy (non-hydrogen) atoms. The monoisotopic (exact) mass is 335 g/mol. The van der Waals surface area contributed by atoms with Crippen molar-refractivity contribution < 1.29 is 29.3 Å². The predicted octanol–water partition coefficient (Wildman–Crippen LogP) is 1.38. The normalized spacial score (nSPS) is 11.8. The highest BCUT2D eigenvalue weighted by atomic mass is 16.5. The number of methoxy groups -OCH3 is 2. The summed E-state index contributed by atoms with van der Waals surface area (Å²) in [5.41, 5.74) is 0.535. The number of ether oxygens (including phenoxy) is 2. The Morgan fingerprint density at radius 1 is 1.17 bits per heavy atom.